The number of hydrogen-bond acceptors (Lipinski definition) is 2. The molecule has 4 aromatic carbocycles. The van der Waals surface area contributed by atoms with Gasteiger partial charge in [-0.3, -0.25) is 4.57 Å². The van der Waals surface area contributed by atoms with Crippen LogP contribution in [0, 0.1) is 13.8 Å². The highest BCUT2D eigenvalue weighted by Crippen LogP contribution is 2.50. The molecule has 1 aliphatic rings. The zero-order valence-corrected chi connectivity index (χ0v) is 22.6. The maximum atomic E-state index is 5.18. The Bertz CT molecular complexity index is 1570. The third-order valence-corrected chi connectivity index (χ3v) is 8.22. The summed E-state index contributed by atoms with van der Waals surface area (Å²) in [5, 5.41) is 4.97. The van der Waals surface area contributed by atoms with Crippen molar-refractivity contribution in [2.75, 3.05) is 0 Å². The lowest BCUT2D eigenvalue weighted by Crippen LogP contribution is -2.38. The minimum absolute atomic E-state index is 0. The van der Waals surface area contributed by atoms with Gasteiger partial charge in [-0.2, -0.15) is 0 Å². The molecule has 1 aliphatic carbocycles. The highest BCUT2D eigenvalue weighted by atomic mass is 79.9. The zero-order valence-electron chi connectivity index (χ0n) is 20.1. The minimum Gasteiger partial charge on any atom is -0.288 e. The number of nitrogens with zero attached hydrogens (tertiary/aromatic N) is 2. The molecule has 0 aliphatic heterocycles. The molecule has 1 saturated carbocycles. The van der Waals surface area contributed by atoms with Crippen LogP contribution < -0.4 is 4.80 Å². The van der Waals surface area contributed by atoms with E-state index in [-0.39, 0.29) is 22.4 Å². The second-order valence-electron chi connectivity index (χ2n) is 9.42. The average Bonchev–Trinajstić information content (AvgIpc) is 3.23. The molecule has 1 aromatic heterocycles. The Morgan fingerprint density at radius 3 is 2.17 bits per heavy atom. The van der Waals surface area contributed by atoms with E-state index in [2.05, 4.69) is 115 Å². The third-order valence-electron chi connectivity index (χ3n) is 7.40. The van der Waals surface area contributed by atoms with Crippen molar-refractivity contribution in [1.82, 2.24) is 4.57 Å². The van der Waals surface area contributed by atoms with Gasteiger partial charge in [-0.15, -0.1) is 28.3 Å². The number of halogens is 1. The summed E-state index contributed by atoms with van der Waals surface area (Å²) in [6.07, 6.45) is 3.58. The lowest BCUT2D eigenvalue weighted by atomic mass is 9.62. The molecule has 35 heavy (non-hydrogen) atoms. The fraction of sp³-hybridized carbons (Fsp3) is 0.194. The van der Waals surface area contributed by atoms with E-state index in [4.69, 9.17) is 4.99 Å². The summed E-state index contributed by atoms with van der Waals surface area (Å²) in [5.74, 6) is 0. The number of hydrogen-bond donors (Lipinski definition) is 0. The summed E-state index contributed by atoms with van der Waals surface area (Å²) in [6, 6.07) is 32.8. The summed E-state index contributed by atoms with van der Waals surface area (Å²) in [7, 11) is 0. The second kappa shape index (κ2) is 9.60. The Kier molecular flexibility index (Phi) is 6.52. The Morgan fingerprint density at radius 1 is 0.771 bits per heavy atom. The van der Waals surface area contributed by atoms with Crippen LogP contribution in [0.5, 0.6) is 0 Å². The van der Waals surface area contributed by atoms with Gasteiger partial charge in [-0.25, -0.2) is 4.99 Å². The van der Waals surface area contributed by atoms with E-state index < -0.39 is 0 Å². The first kappa shape index (κ1) is 23.8. The van der Waals surface area contributed by atoms with Gasteiger partial charge >= 0.3 is 0 Å². The van der Waals surface area contributed by atoms with Crippen LogP contribution in [0.4, 0.5) is 5.69 Å². The van der Waals surface area contributed by atoms with Crippen molar-refractivity contribution in [2.45, 2.75) is 38.5 Å². The van der Waals surface area contributed by atoms with E-state index >= 15 is 0 Å². The molecule has 6 rings (SSSR count). The monoisotopic (exact) mass is 540 g/mol. The number of para-hydroxylation sites is 2. The molecule has 1 heterocycles. The normalized spacial score (nSPS) is 15.0. The van der Waals surface area contributed by atoms with Crippen LogP contribution in [0.25, 0.3) is 16.5 Å². The molecule has 1 fully saturated rings. The van der Waals surface area contributed by atoms with Crippen molar-refractivity contribution < 1.29 is 0 Å². The molecule has 0 N–H and O–H groups in total. The molecule has 0 bridgehead atoms. The third kappa shape index (κ3) is 4.09. The van der Waals surface area contributed by atoms with Crippen LogP contribution >= 0.6 is 28.3 Å². The second-order valence-corrected chi connectivity index (χ2v) is 10.3. The van der Waals surface area contributed by atoms with E-state index in [1.807, 2.05) is 0 Å². The summed E-state index contributed by atoms with van der Waals surface area (Å²) >= 11 is 1.75. The van der Waals surface area contributed by atoms with Crippen molar-refractivity contribution in [3.05, 3.63) is 124 Å². The molecular formula is C31H29BrN2S. The van der Waals surface area contributed by atoms with E-state index in [0.29, 0.717) is 0 Å². The van der Waals surface area contributed by atoms with Crippen molar-refractivity contribution in [3.63, 3.8) is 0 Å². The SMILES string of the molecule is Br.Cc1ccccc1/N=c1/scc(C2(c3ccc4ccccc4c3)CCC2)n1-c1ccccc1C. The highest BCUT2D eigenvalue weighted by molar-refractivity contribution is 8.93. The van der Waals surface area contributed by atoms with Crippen LogP contribution in [0.15, 0.2) is 101 Å². The summed E-state index contributed by atoms with van der Waals surface area (Å²) in [5.41, 5.74) is 7.51. The first-order valence-corrected chi connectivity index (χ1v) is 12.9. The van der Waals surface area contributed by atoms with Crippen LogP contribution in [-0.4, -0.2) is 4.57 Å². The highest BCUT2D eigenvalue weighted by Gasteiger charge is 2.43. The van der Waals surface area contributed by atoms with Gasteiger partial charge in [0.2, 0.25) is 0 Å². The zero-order chi connectivity index (χ0) is 23.1. The van der Waals surface area contributed by atoms with Gasteiger partial charge in [0.05, 0.1) is 11.4 Å². The van der Waals surface area contributed by atoms with Gasteiger partial charge in [-0.05, 0) is 66.3 Å². The molecule has 0 radical (unpaired) electrons. The Labute approximate surface area is 221 Å². The Morgan fingerprint density at radius 2 is 1.46 bits per heavy atom. The molecule has 176 valence electrons. The standard InChI is InChI=1S/C31H28N2S.BrH/c1-22-10-3-7-14-27(22)32-30-33(28-15-8-4-11-23(28)2)29(21-34-30)31(18-9-19-31)26-17-16-24-12-5-6-13-25(24)20-26;/h3-8,10-17,20-21H,9,18-19H2,1-2H3;1H/b32-30+;. The largest absolute Gasteiger partial charge is 0.288 e. The lowest BCUT2D eigenvalue weighted by molar-refractivity contribution is 0.290. The van der Waals surface area contributed by atoms with Gasteiger partial charge in [-0.1, -0.05) is 85.3 Å². The summed E-state index contributed by atoms with van der Waals surface area (Å²) < 4.78 is 2.43. The Balaban J connectivity index is 0.00000253. The van der Waals surface area contributed by atoms with Crippen molar-refractivity contribution in [2.24, 2.45) is 4.99 Å². The number of aryl methyl sites for hydroxylation is 2. The first-order chi connectivity index (χ1) is 16.7. The molecular weight excluding hydrogens is 512 g/mol. The van der Waals surface area contributed by atoms with E-state index in [1.165, 1.54) is 45.3 Å². The van der Waals surface area contributed by atoms with Crippen LogP contribution in [0.3, 0.4) is 0 Å². The quantitative estimate of drug-likeness (QED) is 0.217. The summed E-state index contributed by atoms with van der Waals surface area (Å²) in [4.78, 5) is 6.21. The lowest BCUT2D eigenvalue weighted by Gasteiger charge is -2.43. The molecule has 0 atom stereocenters. The molecule has 0 spiro atoms. The maximum Gasteiger partial charge on any atom is 0.194 e. The fourth-order valence-corrected chi connectivity index (χ4v) is 6.27. The van der Waals surface area contributed by atoms with Gasteiger partial charge < -0.3 is 0 Å². The van der Waals surface area contributed by atoms with Gasteiger partial charge in [0, 0.05) is 16.5 Å². The smallest absolute Gasteiger partial charge is 0.194 e. The first-order valence-electron chi connectivity index (χ1n) is 12.0. The van der Waals surface area contributed by atoms with Gasteiger partial charge in [0.15, 0.2) is 4.80 Å². The van der Waals surface area contributed by atoms with E-state index in [1.54, 1.807) is 11.3 Å². The number of rotatable bonds is 4. The van der Waals surface area contributed by atoms with Gasteiger partial charge in [0.1, 0.15) is 0 Å². The maximum absolute atomic E-state index is 5.18. The molecule has 0 saturated heterocycles. The number of thiazole rings is 1. The number of fused-ring (bicyclic) bond motifs is 1. The molecule has 4 heteroatoms. The molecule has 0 unspecified atom stereocenters. The topological polar surface area (TPSA) is 17.3 Å². The van der Waals surface area contributed by atoms with E-state index in [0.717, 1.165) is 23.3 Å². The summed E-state index contributed by atoms with van der Waals surface area (Å²) in [6.45, 7) is 4.33. The van der Waals surface area contributed by atoms with Crippen molar-refractivity contribution in [1.29, 1.82) is 0 Å². The fourth-order valence-electron chi connectivity index (χ4n) is 5.27. The minimum atomic E-state index is 0. The van der Waals surface area contributed by atoms with Crippen LogP contribution in [-0.2, 0) is 5.41 Å². The predicted molar refractivity (Wildman–Crippen MR) is 154 cm³/mol. The Hall–Kier alpha value is -2.95. The van der Waals surface area contributed by atoms with Crippen LogP contribution in [0.1, 0.15) is 41.6 Å². The van der Waals surface area contributed by atoms with Crippen LogP contribution in [0.2, 0.25) is 0 Å². The number of benzene rings is 4. The molecule has 5 aromatic rings. The van der Waals surface area contributed by atoms with Crippen molar-refractivity contribution in [3.8, 4) is 5.69 Å². The number of aromatic nitrogens is 1. The molecule has 2 nitrogen and oxygen atoms in total. The predicted octanol–water partition coefficient (Wildman–Crippen LogP) is 8.59. The van der Waals surface area contributed by atoms with Gasteiger partial charge in [0.25, 0.3) is 0 Å². The molecule has 0 amide bonds. The van der Waals surface area contributed by atoms with Crippen molar-refractivity contribution >= 4 is 44.8 Å². The average molecular weight is 542 g/mol. The van der Waals surface area contributed by atoms with E-state index in [9.17, 15) is 0 Å².